The summed E-state index contributed by atoms with van der Waals surface area (Å²) in [5, 5.41) is 1.52. The molecule has 0 amide bonds. The van der Waals surface area contributed by atoms with Crippen molar-refractivity contribution in [3.63, 3.8) is 0 Å². The van der Waals surface area contributed by atoms with Gasteiger partial charge in [-0.05, 0) is 35.9 Å². The molecular weight excluding hydrogens is 266 g/mol. The van der Waals surface area contributed by atoms with E-state index in [1.165, 1.54) is 11.2 Å². The van der Waals surface area contributed by atoms with Crippen LogP contribution in [0.2, 0.25) is 0 Å². The van der Waals surface area contributed by atoms with Gasteiger partial charge in [-0.25, -0.2) is 15.8 Å². The average Bonchev–Trinajstić information content (AvgIpc) is 2.60. The minimum atomic E-state index is 0.0967. The molecule has 2 rings (SSSR count). The van der Waals surface area contributed by atoms with Crippen molar-refractivity contribution in [3.05, 3.63) is 36.2 Å². The Morgan fingerprint density at radius 2 is 2.00 bits per heavy atom. The minimum absolute atomic E-state index is 0.0967. The van der Waals surface area contributed by atoms with E-state index in [1.54, 1.807) is 19.2 Å². The molecule has 0 radical (unpaired) electrons. The average molecular weight is 280 g/mol. The van der Waals surface area contributed by atoms with Crippen molar-refractivity contribution in [1.29, 1.82) is 0 Å². The van der Waals surface area contributed by atoms with E-state index in [0.29, 0.717) is 18.0 Å². The van der Waals surface area contributed by atoms with Gasteiger partial charge in [-0.2, -0.15) is 0 Å². The number of methoxy groups -OCH3 is 1. The smallest absolute Gasteiger partial charge is 0.224 e. The molecule has 19 heavy (non-hydrogen) atoms. The second kappa shape index (κ2) is 5.73. The van der Waals surface area contributed by atoms with E-state index >= 15 is 0 Å². The van der Waals surface area contributed by atoms with E-state index < -0.39 is 0 Å². The molecule has 1 aromatic rings. The van der Waals surface area contributed by atoms with Crippen molar-refractivity contribution in [3.8, 4) is 5.75 Å². The second-order valence-electron chi connectivity index (χ2n) is 3.87. The van der Waals surface area contributed by atoms with Gasteiger partial charge in [0, 0.05) is 18.3 Å². The van der Waals surface area contributed by atoms with Gasteiger partial charge in [0.25, 0.3) is 0 Å². The van der Waals surface area contributed by atoms with Crippen LogP contribution in [0.4, 0.5) is 5.69 Å². The van der Waals surface area contributed by atoms with Crippen LogP contribution in [0.5, 0.6) is 5.75 Å². The van der Waals surface area contributed by atoms with Gasteiger partial charge in [0.1, 0.15) is 11.6 Å². The van der Waals surface area contributed by atoms with Crippen LogP contribution in [0.3, 0.4) is 0 Å². The standard InChI is InChI=1S/C12H14ClN5O/c1-19-10-4-2-9(3-5-10)18(15)11-6-8(14)7-16-12(13)17-11/h2-5,7H,6,14-15H2,1H3. The molecule has 0 aliphatic carbocycles. The summed E-state index contributed by atoms with van der Waals surface area (Å²) in [6.07, 6.45) is 1.85. The summed E-state index contributed by atoms with van der Waals surface area (Å²) in [5.41, 5.74) is 7.05. The molecule has 0 saturated carbocycles. The number of amidine groups is 2. The predicted octanol–water partition coefficient (Wildman–Crippen LogP) is 1.57. The Bertz CT molecular complexity index is 550. The third-order valence-electron chi connectivity index (χ3n) is 2.55. The van der Waals surface area contributed by atoms with Crippen LogP contribution >= 0.6 is 11.6 Å². The molecule has 0 fully saturated rings. The number of halogens is 1. The zero-order valence-electron chi connectivity index (χ0n) is 10.4. The van der Waals surface area contributed by atoms with Crippen molar-refractivity contribution >= 4 is 28.4 Å². The quantitative estimate of drug-likeness (QED) is 0.488. The zero-order valence-corrected chi connectivity index (χ0v) is 11.1. The molecule has 0 bridgehead atoms. The summed E-state index contributed by atoms with van der Waals surface area (Å²) in [6, 6.07) is 7.25. The first-order valence-corrected chi connectivity index (χ1v) is 5.92. The van der Waals surface area contributed by atoms with Gasteiger partial charge in [0.15, 0.2) is 0 Å². The molecule has 0 saturated heterocycles. The Morgan fingerprint density at radius 1 is 1.32 bits per heavy atom. The van der Waals surface area contributed by atoms with E-state index in [0.717, 1.165) is 11.4 Å². The maximum Gasteiger partial charge on any atom is 0.224 e. The molecule has 100 valence electrons. The maximum atomic E-state index is 6.02. The minimum Gasteiger partial charge on any atom is -0.497 e. The summed E-state index contributed by atoms with van der Waals surface area (Å²) in [5.74, 6) is 7.29. The summed E-state index contributed by atoms with van der Waals surface area (Å²) in [6.45, 7) is 0. The van der Waals surface area contributed by atoms with E-state index in [1.807, 2.05) is 12.1 Å². The van der Waals surface area contributed by atoms with Crippen molar-refractivity contribution in [2.45, 2.75) is 6.42 Å². The van der Waals surface area contributed by atoms with Gasteiger partial charge in [-0.3, -0.25) is 5.01 Å². The molecule has 6 nitrogen and oxygen atoms in total. The van der Waals surface area contributed by atoms with Crippen LogP contribution in [0.15, 0.2) is 46.1 Å². The van der Waals surface area contributed by atoms with Gasteiger partial charge < -0.3 is 10.5 Å². The fourth-order valence-corrected chi connectivity index (χ4v) is 1.72. The Labute approximate surface area is 116 Å². The fourth-order valence-electron chi connectivity index (χ4n) is 1.57. The predicted molar refractivity (Wildman–Crippen MR) is 77.3 cm³/mol. The first-order chi connectivity index (χ1) is 9.10. The fraction of sp³-hybridized carbons (Fsp3) is 0.167. The third-order valence-corrected chi connectivity index (χ3v) is 2.73. The van der Waals surface area contributed by atoms with Crippen LogP contribution in [0.1, 0.15) is 6.42 Å². The topological polar surface area (TPSA) is 89.2 Å². The second-order valence-corrected chi connectivity index (χ2v) is 4.21. The van der Waals surface area contributed by atoms with Crippen LogP contribution in [-0.4, -0.2) is 18.2 Å². The number of hydrogen-bond acceptors (Lipinski definition) is 6. The van der Waals surface area contributed by atoms with Gasteiger partial charge in [-0.15, -0.1) is 0 Å². The first kappa shape index (κ1) is 13.4. The lowest BCUT2D eigenvalue weighted by atomic mass is 10.2. The normalized spacial score (nSPS) is 15.0. The summed E-state index contributed by atoms with van der Waals surface area (Å²) in [7, 11) is 1.60. The molecule has 1 aromatic carbocycles. The van der Waals surface area contributed by atoms with Crippen LogP contribution in [0.25, 0.3) is 0 Å². The number of benzene rings is 1. The molecule has 1 heterocycles. The van der Waals surface area contributed by atoms with Crippen molar-refractivity contribution in [1.82, 2.24) is 0 Å². The molecule has 1 aliphatic rings. The largest absolute Gasteiger partial charge is 0.497 e. The van der Waals surface area contributed by atoms with Crippen molar-refractivity contribution in [2.75, 3.05) is 12.1 Å². The van der Waals surface area contributed by atoms with E-state index in [2.05, 4.69) is 9.98 Å². The number of anilines is 1. The van der Waals surface area contributed by atoms with Crippen LogP contribution in [-0.2, 0) is 0 Å². The Hall–Kier alpha value is -2.05. The Morgan fingerprint density at radius 3 is 2.63 bits per heavy atom. The monoisotopic (exact) mass is 279 g/mol. The SMILES string of the molecule is COc1ccc(N(N)C2=NC(Cl)=NC=C(N)C2)cc1. The summed E-state index contributed by atoms with van der Waals surface area (Å²) < 4.78 is 5.09. The number of ether oxygens (including phenoxy) is 1. The molecule has 0 spiro atoms. The number of nitrogens with two attached hydrogens (primary N) is 2. The highest BCUT2D eigenvalue weighted by Gasteiger charge is 2.14. The highest BCUT2D eigenvalue weighted by molar-refractivity contribution is 6.65. The lowest BCUT2D eigenvalue weighted by Gasteiger charge is -2.20. The maximum absolute atomic E-state index is 6.02. The van der Waals surface area contributed by atoms with E-state index in [9.17, 15) is 0 Å². The lowest BCUT2D eigenvalue weighted by molar-refractivity contribution is 0.415. The first-order valence-electron chi connectivity index (χ1n) is 5.54. The Kier molecular flexibility index (Phi) is 4.03. The summed E-state index contributed by atoms with van der Waals surface area (Å²) >= 11 is 5.82. The van der Waals surface area contributed by atoms with Crippen LogP contribution < -0.4 is 21.3 Å². The highest BCUT2D eigenvalue weighted by Crippen LogP contribution is 2.19. The van der Waals surface area contributed by atoms with Crippen molar-refractivity contribution in [2.24, 2.45) is 21.6 Å². The lowest BCUT2D eigenvalue weighted by Crippen LogP contribution is -2.38. The van der Waals surface area contributed by atoms with Gasteiger partial charge in [-0.1, -0.05) is 0 Å². The molecule has 1 aliphatic heterocycles. The summed E-state index contributed by atoms with van der Waals surface area (Å²) in [4.78, 5) is 7.98. The van der Waals surface area contributed by atoms with Gasteiger partial charge in [0.2, 0.25) is 5.29 Å². The number of aliphatic imine (C=N–C) groups is 2. The Balaban J connectivity index is 2.25. The molecular formula is C12H14ClN5O. The van der Waals surface area contributed by atoms with Gasteiger partial charge >= 0.3 is 0 Å². The zero-order chi connectivity index (χ0) is 13.8. The number of rotatable bonds is 2. The number of hydrazine groups is 1. The van der Waals surface area contributed by atoms with E-state index in [4.69, 9.17) is 27.9 Å². The molecule has 4 N–H and O–H groups in total. The highest BCUT2D eigenvalue weighted by atomic mass is 35.5. The van der Waals surface area contributed by atoms with Gasteiger partial charge in [0.05, 0.1) is 12.8 Å². The molecule has 0 aromatic heterocycles. The molecule has 0 atom stereocenters. The van der Waals surface area contributed by atoms with E-state index in [-0.39, 0.29) is 5.29 Å². The number of hydrogen-bond donors (Lipinski definition) is 2. The van der Waals surface area contributed by atoms with Crippen molar-refractivity contribution < 1.29 is 4.74 Å². The third kappa shape index (κ3) is 3.24. The molecule has 0 unspecified atom stereocenters. The number of nitrogens with zero attached hydrogens (tertiary/aromatic N) is 3. The molecule has 7 heteroatoms. The van der Waals surface area contributed by atoms with Crippen LogP contribution in [0, 0.1) is 0 Å².